The Bertz CT molecular complexity index is 520. The molecule has 0 bridgehead atoms. The van der Waals surface area contributed by atoms with Gasteiger partial charge in [0.15, 0.2) is 5.25 Å². The van der Waals surface area contributed by atoms with Gasteiger partial charge < -0.3 is 4.74 Å². The molecule has 1 aromatic carbocycles. The van der Waals surface area contributed by atoms with Crippen LogP contribution in [0.2, 0.25) is 0 Å². The zero-order valence-electron chi connectivity index (χ0n) is 9.67. The molecule has 0 heterocycles. The summed E-state index contributed by atoms with van der Waals surface area (Å²) in [5.41, 5.74) is 1.29. The Balaban J connectivity index is 2.89. The molecule has 6 heteroatoms. The second kappa shape index (κ2) is 5.66. The van der Waals surface area contributed by atoms with Gasteiger partial charge in [0.05, 0.1) is 12.7 Å². The average Bonchev–Trinajstić information content (AvgIpc) is 2.28. The highest BCUT2D eigenvalue weighted by Crippen LogP contribution is 2.14. The van der Waals surface area contributed by atoms with E-state index in [-0.39, 0.29) is 0 Å². The fourth-order valence-corrected chi connectivity index (χ4v) is 1.98. The van der Waals surface area contributed by atoms with Crippen molar-refractivity contribution in [2.75, 3.05) is 11.8 Å². The Morgan fingerprint density at radius 1 is 1.53 bits per heavy atom. The number of nitriles is 1. The summed E-state index contributed by atoms with van der Waals surface area (Å²) in [6.45, 7) is 1.74. The fraction of sp³-hybridized carbons (Fsp3) is 0.364. The summed E-state index contributed by atoms with van der Waals surface area (Å²) in [5, 5.41) is 7.51. The summed E-state index contributed by atoms with van der Waals surface area (Å²) in [5.74, 6) is 0. The molecule has 1 atom stereocenters. The van der Waals surface area contributed by atoms with Gasteiger partial charge in [-0.25, -0.2) is 8.42 Å². The Kier molecular flexibility index (Phi) is 4.49. The maximum Gasteiger partial charge on any atom is 0.248 e. The third-order valence-corrected chi connectivity index (χ3v) is 3.70. The third-order valence-electron chi connectivity index (χ3n) is 2.15. The number of benzene rings is 1. The number of anilines is 1. The van der Waals surface area contributed by atoms with E-state index in [1.165, 1.54) is 6.92 Å². The van der Waals surface area contributed by atoms with E-state index in [1.54, 1.807) is 31.4 Å². The third kappa shape index (κ3) is 3.73. The van der Waals surface area contributed by atoms with Gasteiger partial charge >= 0.3 is 0 Å². The molecule has 0 aromatic heterocycles. The van der Waals surface area contributed by atoms with E-state index < -0.39 is 15.3 Å². The summed E-state index contributed by atoms with van der Waals surface area (Å²) in [7, 11) is -2.08. The smallest absolute Gasteiger partial charge is 0.248 e. The molecule has 0 fully saturated rings. The first kappa shape index (κ1) is 13.5. The van der Waals surface area contributed by atoms with Crippen LogP contribution in [-0.4, -0.2) is 20.8 Å². The highest BCUT2D eigenvalue weighted by Gasteiger charge is 2.19. The molecule has 0 saturated heterocycles. The topological polar surface area (TPSA) is 79.2 Å². The van der Waals surface area contributed by atoms with Crippen molar-refractivity contribution in [3.63, 3.8) is 0 Å². The van der Waals surface area contributed by atoms with Gasteiger partial charge in [-0.1, -0.05) is 12.1 Å². The molecule has 1 aromatic rings. The maximum atomic E-state index is 11.6. The lowest BCUT2D eigenvalue weighted by molar-refractivity contribution is 0.185. The summed E-state index contributed by atoms with van der Waals surface area (Å²) in [6.07, 6.45) is 0. The molecule has 92 valence electrons. The van der Waals surface area contributed by atoms with E-state index in [4.69, 9.17) is 10.00 Å². The predicted molar refractivity (Wildman–Crippen MR) is 64.8 cm³/mol. The van der Waals surface area contributed by atoms with Crippen LogP contribution in [0, 0.1) is 11.3 Å². The van der Waals surface area contributed by atoms with Crippen molar-refractivity contribution >= 4 is 15.7 Å². The average molecular weight is 254 g/mol. The Morgan fingerprint density at radius 3 is 2.82 bits per heavy atom. The van der Waals surface area contributed by atoms with Crippen LogP contribution in [0.5, 0.6) is 0 Å². The number of nitrogens with zero attached hydrogens (tertiary/aromatic N) is 1. The highest BCUT2D eigenvalue weighted by molar-refractivity contribution is 7.93. The first-order chi connectivity index (χ1) is 7.99. The standard InChI is InChI=1S/C11H14N2O3S/c1-9(7-12)17(14,15)13-11-5-3-4-10(6-11)8-16-2/h3-6,9,13H,8H2,1-2H3. The zero-order chi connectivity index (χ0) is 12.9. The van der Waals surface area contributed by atoms with Gasteiger partial charge in [-0.05, 0) is 24.6 Å². The first-order valence-electron chi connectivity index (χ1n) is 4.98. The normalized spacial score (nSPS) is 12.8. The molecule has 0 aliphatic heterocycles. The summed E-state index contributed by atoms with van der Waals surface area (Å²) in [6, 6.07) is 8.54. The summed E-state index contributed by atoms with van der Waals surface area (Å²) >= 11 is 0. The van der Waals surface area contributed by atoms with E-state index in [0.717, 1.165) is 5.56 Å². The molecule has 0 amide bonds. The van der Waals surface area contributed by atoms with Gasteiger partial charge in [0.1, 0.15) is 0 Å². The molecule has 1 unspecified atom stereocenters. The SMILES string of the molecule is COCc1cccc(NS(=O)(=O)C(C)C#N)c1. The largest absolute Gasteiger partial charge is 0.380 e. The first-order valence-corrected chi connectivity index (χ1v) is 6.53. The molecule has 0 aliphatic carbocycles. The molecule has 0 aliphatic rings. The fourth-order valence-electron chi connectivity index (χ4n) is 1.21. The van der Waals surface area contributed by atoms with Gasteiger partial charge in [-0.15, -0.1) is 0 Å². The number of ether oxygens (including phenoxy) is 1. The lowest BCUT2D eigenvalue weighted by Crippen LogP contribution is -2.23. The number of nitrogens with one attached hydrogen (secondary N) is 1. The van der Waals surface area contributed by atoms with Crippen molar-refractivity contribution in [3.05, 3.63) is 29.8 Å². The van der Waals surface area contributed by atoms with E-state index in [2.05, 4.69) is 4.72 Å². The lowest BCUT2D eigenvalue weighted by Gasteiger charge is -2.10. The van der Waals surface area contributed by atoms with E-state index in [9.17, 15) is 8.42 Å². The van der Waals surface area contributed by atoms with E-state index in [0.29, 0.717) is 12.3 Å². The molecule has 5 nitrogen and oxygen atoms in total. The maximum absolute atomic E-state index is 11.6. The Hall–Kier alpha value is -1.58. The summed E-state index contributed by atoms with van der Waals surface area (Å²) < 4.78 is 30.6. The van der Waals surface area contributed by atoms with Crippen LogP contribution in [0.25, 0.3) is 0 Å². The zero-order valence-corrected chi connectivity index (χ0v) is 10.5. The molecule has 1 N–H and O–H groups in total. The lowest BCUT2D eigenvalue weighted by atomic mass is 10.2. The predicted octanol–water partition coefficient (Wildman–Crippen LogP) is 1.49. The van der Waals surface area contributed by atoms with Crippen molar-refractivity contribution in [1.82, 2.24) is 0 Å². The minimum Gasteiger partial charge on any atom is -0.380 e. The van der Waals surface area contributed by atoms with Crippen LogP contribution in [0.3, 0.4) is 0 Å². The number of sulfonamides is 1. The molecular weight excluding hydrogens is 240 g/mol. The van der Waals surface area contributed by atoms with Crippen LogP contribution in [0.15, 0.2) is 24.3 Å². The molecule has 0 radical (unpaired) electrons. The Morgan fingerprint density at radius 2 is 2.24 bits per heavy atom. The van der Waals surface area contributed by atoms with E-state index >= 15 is 0 Å². The summed E-state index contributed by atoms with van der Waals surface area (Å²) in [4.78, 5) is 0. The van der Waals surface area contributed by atoms with Gasteiger partial charge in [-0.2, -0.15) is 5.26 Å². The molecular formula is C11H14N2O3S. The second-order valence-electron chi connectivity index (χ2n) is 3.55. The minimum atomic E-state index is -3.65. The number of methoxy groups -OCH3 is 1. The van der Waals surface area contributed by atoms with Crippen LogP contribution in [0.1, 0.15) is 12.5 Å². The highest BCUT2D eigenvalue weighted by atomic mass is 32.2. The van der Waals surface area contributed by atoms with Crippen molar-refractivity contribution in [3.8, 4) is 6.07 Å². The van der Waals surface area contributed by atoms with Crippen LogP contribution < -0.4 is 4.72 Å². The minimum absolute atomic E-state index is 0.406. The van der Waals surface area contributed by atoms with Gasteiger partial charge in [0.2, 0.25) is 10.0 Å². The second-order valence-corrected chi connectivity index (χ2v) is 5.55. The molecule has 17 heavy (non-hydrogen) atoms. The van der Waals surface area contributed by atoms with Crippen molar-refractivity contribution in [1.29, 1.82) is 5.26 Å². The van der Waals surface area contributed by atoms with Crippen molar-refractivity contribution < 1.29 is 13.2 Å². The van der Waals surface area contributed by atoms with Gasteiger partial charge in [0.25, 0.3) is 0 Å². The van der Waals surface area contributed by atoms with Crippen LogP contribution in [0.4, 0.5) is 5.69 Å². The molecule has 0 spiro atoms. The van der Waals surface area contributed by atoms with Gasteiger partial charge in [-0.3, -0.25) is 4.72 Å². The monoisotopic (exact) mass is 254 g/mol. The van der Waals surface area contributed by atoms with Crippen LogP contribution in [-0.2, 0) is 21.4 Å². The van der Waals surface area contributed by atoms with Crippen LogP contribution >= 0.6 is 0 Å². The quantitative estimate of drug-likeness (QED) is 0.863. The molecule has 0 saturated carbocycles. The van der Waals surface area contributed by atoms with E-state index in [1.807, 2.05) is 6.07 Å². The van der Waals surface area contributed by atoms with Crippen molar-refractivity contribution in [2.45, 2.75) is 18.8 Å². The number of hydrogen-bond donors (Lipinski definition) is 1. The number of hydrogen-bond acceptors (Lipinski definition) is 4. The molecule has 1 rings (SSSR count). The van der Waals surface area contributed by atoms with Crippen molar-refractivity contribution in [2.24, 2.45) is 0 Å². The van der Waals surface area contributed by atoms with Gasteiger partial charge in [0, 0.05) is 12.8 Å². The number of rotatable bonds is 5. The Labute approximate surface area is 101 Å².